The second kappa shape index (κ2) is 2.54. The predicted octanol–water partition coefficient (Wildman–Crippen LogP) is 1.27. The van der Waals surface area contributed by atoms with Crippen LogP contribution in [0, 0.1) is 12.8 Å². The lowest BCUT2D eigenvalue weighted by molar-refractivity contribution is 0.0773. The van der Waals surface area contributed by atoms with E-state index >= 15 is 0 Å². The molecular weight excluding hydrogens is 168 g/mol. The zero-order valence-corrected chi connectivity index (χ0v) is 7.56. The first-order valence-corrected chi connectivity index (χ1v) is 4.78. The number of ether oxygens (including phenoxy) is 1. The Morgan fingerprint density at radius 3 is 2.92 bits per heavy atom. The van der Waals surface area contributed by atoms with Crippen LogP contribution in [0.1, 0.15) is 30.5 Å². The molecule has 1 aliphatic carbocycles. The topological polar surface area (TPSA) is 48.2 Å². The third kappa shape index (κ3) is 1.09. The molecular formula is C9H12N2O2. The lowest BCUT2D eigenvalue weighted by atomic mass is 10.2. The molecule has 13 heavy (non-hydrogen) atoms. The summed E-state index contributed by atoms with van der Waals surface area (Å²) in [5.74, 6) is 2.46. The van der Waals surface area contributed by atoms with Crippen molar-refractivity contribution < 1.29 is 9.15 Å². The van der Waals surface area contributed by atoms with Crippen molar-refractivity contribution in [2.75, 3.05) is 6.61 Å². The van der Waals surface area contributed by atoms with E-state index in [4.69, 9.17) is 9.15 Å². The van der Waals surface area contributed by atoms with Crippen LogP contribution in [0.25, 0.3) is 0 Å². The minimum atomic E-state index is 0.369. The summed E-state index contributed by atoms with van der Waals surface area (Å²) in [5.41, 5.74) is 0. The molecule has 0 aromatic carbocycles. The van der Waals surface area contributed by atoms with E-state index in [9.17, 15) is 0 Å². The van der Waals surface area contributed by atoms with Gasteiger partial charge in [-0.15, -0.1) is 10.2 Å². The summed E-state index contributed by atoms with van der Waals surface area (Å²) in [4.78, 5) is 0. The van der Waals surface area contributed by atoms with E-state index < -0.39 is 0 Å². The second-order valence-corrected chi connectivity index (χ2v) is 3.83. The molecule has 1 saturated carbocycles. The van der Waals surface area contributed by atoms with Gasteiger partial charge in [0, 0.05) is 19.4 Å². The van der Waals surface area contributed by atoms with Crippen LogP contribution in [-0.2, 0) is 4.74 Å². The van der Waals surface area contributed by atoms with E-state index in [2.05, 4.69) is 10.2 Å². The highest BCUT2D eigenvalue weighted by Crippen LogP contribution is 2.54. The summed E-state index contributed by atoms with van der Waals surface area (Å²) < 4.78 is 11.0. The summed E-state index contributed by atoms with van der Waals surface area (Å²) in [6.45, 7) is 2.72. The van der Waals surface area contributed by atoms with Gasteiger partial charge < -0.3 is 9.15 Å². The third-order valence-electron chi connectivity index (χ3n) is 2.92. The number of aryl methyl sites for hydroxylation is 1. The van der Waals surface area contributed by atoms with Crippen molar-refractivity contribution >= 4 is 0 Å². The average molecular weight is 180 g/mol. The molecule has 2 heterocycles. The number of hydrogen-bond donors (Lipinski definition) is 0. The molecule has 1 aromatic rings. The Hall–Kier alpha value is -0.900. The van der Waals surface area contributed by atoms with Crippen molar-refractivity contribution in [2.45, 2.75) is 31.8 Å². The van der Waals surface area contributed by atoms with Crippen molar-refractivity contribution in [1.29, 1.82) is 0 Å². The smallest absolute Gasteiger partial charge is 0.222 e. The van der Waals surface area contributed by atoms with E-state index in [0.29, 0.717) is 23.8 Å². The number of aromatic nitrogens is 2. The monoisotopic (exact) mass is 180 g/mol. The fraction of sp³-hybridized carbons (Fsp3) is 0.778. The molecule has 1 saturated heterocycles. The summed E-state index contributed by atoms with van der Waals surface area (Å²) in [5, 5.41) is 7.87. The molecule has 1 aromatic heterocycles. The lowest BCUT2D eigenvalue weighted by Crippen LogP contribution is -2.05. The Bertz CT molecular complexity index is 311. The number of rotatable bonds is 1. The summed E-state index contributed by atoms with van der Waals surface area (Å²) >= 11 is 0. The molecule has 1 aliphatic heterocycles. The zero-order valence-electron chi connectivity index (χ0n) is 7.56. The maximum atomic E-state index is 5.60. The van der Waals surface area contributed by atoms with Gasteiger partial charge >= 0.3 is 0 Å². The third-order valence-corrected chi connectivity index (χ3v) is 2.92. The maximum absolute atomic E-state index is 5.60. The minimum Gasteiger partial charge on any atom is -0.425 e. The molecule has 0 N–H and O–H groups in total. The van der Waals surface area contributed by atoms with Gasteiger partial charge in [-0.3, -0.25) is 0 Å². The minimum absolute atomic E-state index is 0.369. The molecule has 4 heteroatoms. The Kier molecular flexibility index (Phi) is 1.47. The normalized spacial score (nSPS) is 37.2. The van der Waals surface area contributed by atoms with Crippen LogP contribution in [0.15, 0.2) is 4.42 Å². The van der Waals surface area contributed by atoms with Gasteiger partial charge in [-0.2, -0.15) is 0 Å². The van der Waals surface area contributed by atoms with Gasteiger partial charge in [-0.05, 0) is 12.8 Å². The largest absolute Gasteiger partial charge is 0.425 e. The standard InChI is InChI=1S/C9H12N2O2/c1-5-10-11-9(13-5)7-6-3-2-4-12-8(6)7/h6-8H,2-4H2,1H3. The Balaban J connectivity index is 1.81. The highest BCUT2D eigenvalue weighted by atomic mass is 16.5. The van der Waals surface area contributed by atoms with Crippen LogP contribution < -0.4 is 0 Å². The molecule has 3 rings (SSSR count). The van der Waals surface area contributed by atoms with E-state index in [0.717, 1.165) is 12.5 Å². The molecule has 0 bridgehead atoms. The summed E-state index contributed by atoms with van der Waals surface area (Å²) in [6, 6.07) is 0. The molecule has 2 aliphatic rings. The van der Waals surface area contributed by atoms with E-state index in [-0.39, 0.29) is 0 Å². The highest BCUT2D eigenvalue weighted by Gasteiger charge is 2.56. The van der Waals surface area contributed by atoms with Crippen LogP contribution >= 0.6 is 0 Å². The molecule has 0 spiro atoms. The van der Waals surface area contributed by atoms with Crippen molar-refractivity contribution in [3.63, 3.8) is 0 Å². The zero-order chi connectivity index (χ0) is 8.84. The highest BCUT2D eigenvalue weighted by molar-refractivity contribution is 5.15. The summed E-state index contributed by atoms with van der Waals surface area (Å²) in [6.07, 6.45) is 2.79. The van der Waals surface area contributed by atoms with Gasteiger partial charge in [-0.25, -0.2) is 0 Å². The first kappa shape index (κ1) is 7.50. The van der Waals surface area contributed by atoms with Crippen molar-refractivity contribution in [3.05, 3.63) is 11.8 Å². The molecule has 4 nitrogen and oxygen atoms in total. The first-order chi connectivity index (χ1) is 6.36. The fourth-order valence-electron chi connectivity index (χ4n) is 2.22. The Morgan fingerprint density at radius 1 is 1.38 bits per heavy atom. The van der Waals surface area contributed by atoms with Gasteiger partial charge in [0.15, 0.2) is 0 Å². The number of nitrogens with zero attached hydrogens (tertiary/aromatic N) is 2. The number of fused-ring (bicyclic) bond motifs is 1. The molecule has 0 amide bonds. The van der Waals surface area contributed by atoms with Gasteiger partial charge in [0.25, 0.3) is 0 Å². The van der Waals surface area contributed by atoms with Gasteiger partial charge in [-0.1, -0.05) is 0 Å². The Labute approximate surface area is 76.3 Å². The van der Waals surface area contributed by atoms with Crippen molar-refractivity contribution in [3.8, 4) is 0 Å². The predicted molar refractivity (Wildman–Crippen MR) is 44.2 cm³/mol. The van der Waals surface area contributed by atoms with Gasteiger partial charge in [0.2, 0.25) is 11.8 Å². The maximum Gasteiger partial charge on any atom is 0.222 e. The fourth-order valence-corrected chi connectivity index (χ4v) is 2.22. The van der Waals surface area contributed by atoms with Crippen LogP contribution in [0.5, 0.6) is 0 Å². The quantitative estimate of drug-likeness (QED) is 0.653. The number of hydrogen-bond acceptors (Lipinski definition) is 4. The Morgan fingerprint density at radius 2 is 2.31 bits per heavy atom. The van der Waals surface area contributed by atoms with Crippen LogP contribution in [0.3, 0.4) is 0 Å². The lowest BCUT2D eigenvalue weighted by Gasteiger charge is -2.07. The van der Waals surface area contributed by atoms with E-state index in [1.165, 1.54) is 12.8 Å². The van der Waals surface area contributed by atoms with E-state index in [1.807, 2.05) is 6.92 Å². The SMILES string of the molecule is Cc1nnc(C2C3CCCOC32)o1. The molecule has 0 radical (unpaired) electrons. The van der Waals surface area contributed by atoms with Crippen LogP contribution in [0.4, 0.5) is 0 Å². The molecule has 3 unspecified atom stereocenters. The van der Waals surface area contributed by atoms with Gasteiger partial charge in [0.05, 0.1) is 12.0 Å². The summed E-state index contributed by atoms with van der Waals surface area (Å²) in [7, 11) is 0. The molecule has 70 valence electrons. The molecule has 3 atom stereocenters. The molecule has 2 fully saturated rings. The van der Waals surface area contributed by atoms with Gasteiger partial charge in [0.1, 0.15) is 0 Å². The van der Waals surface area contributed by atoms with Crippen LogP contribution in [0.2, 0.25) is 0 Å². The van der Waals surface area contributed by atoms with E-state index in [1.54, 1.807) is 0 Å². The van der Waals surface area contributed by atoms with Crippen molar-refractivity contribution in [1.82, 2.24) is 10.2 Å². The van der Waals surface area contributed by atoms with Crippen molar-refractivity contribution in [2.24, 2.45) is 5.92 Å². The second-order valence-electron chi connectivity index (χ2n) is 3.83. The van der Waals surface area contributed by atoms with Crippen LogP contribution in [-0.4, -0.2) is 22.9 Å². The average Bonchev–Trinajstić information content (AvgIpc) is 2.73. The first-order valence-electron chi connectivity index (χ1n) is 4.78.